The Bertz CT molecular complexity index is 1670. The van der Waals surface area contributed by atoms with Gasteiger partial charge in [0.25, 0.3) is 10.0 Å². The Kier molecular flexibility index (Phi) is 6.02. The fraction of sp³-hybridized carbons (Fsp3) is 0.214. The van der Waals surface area contributed by atoms with Crippen LogP contribution >= 0.6 is 0 Å². The molecule has 0 saturated carbocycles. The first-order chi connectivity index (χ1) is 18.0. The molecule has 0 amide bonds. The average molecular weight is 514 g/mol. The molecule has 5 aromatic rings. The second kappa shape index (κ2) is 9.49. The highest BCUT2D eigenvalue weighted by molar-refractivity contribution is 7.90. The van der Waals surface area contributed by atoms with Crippen LogP contribution in [-0.4, -0.2) is 53.5 Å². The smallest absolute Gasteiger partial charge is 0.268 e. The van der Waals surface area contributed by atoms with Gasteiger partial charge < -0.3 is 15.0 Å². The first-order valence-electron chi connectivity index (χ1n) is 12.3. The molecule has 0 spiro atoms. The van der Waals surface area contributed by atoms with Crippen LogP contribution in [-0.2, 0) is 10.0 Å². The van der Waals surface area contributed by atoms with E-state index in [1.807, 2.05) is 30.3 Å². The SMILES string of the molecule is CN1CCC(Oc2cccc3ncnc(Nc4ccc5c(ccn5S(=O)(=O)c5ccccc5)c4)c23)CC1. The number of fused-ring (bicyclic) bond motifs is 2. The lowest BCUT2D eigenvalue weighted by Gasteiger charge is -2.29. The summed E-state index contributed by atoms with van der Waals surface area (Å²) in [5.74, 6) is 1.40. The number of nitrogens with zero attached hydrogens (tertiary/aromatic N) is 4. The van der Waals surface area contributed by atoms with Gasteiger partial charge in [0.2, 0.25) is 0 Å². The second-order valence-electron chi connectivity index (χ2n) is 9.32. The van der Waals surface area contributed by atoms with Gasteiger partial charge in [-0.1, -0.05) is 24.3 Å². The summed E-state index contributed by atoms with van der Waals surface area (Å²) in [6, 6.07) is 21.7. The zero-order valence-corrected chi connectivity index (χ0v) is 21.2. The normalized spacial score (nSPS) is 15.3. The number of anilines is 2. The summed E-state index contributed by atoms with van der Waals surface area (Å²) >= 11 is 0. The standard InChI is InChI=1S/C28H27N5O3S/c1-32-15-13-22(14-16-32)36-26-9-5-8-24-27(26)28(30-19-29-24)31-21-10-11-25-20(18-21)12-17-33(25)37(34,35)23-6-3-2-4-7-23/h2-12,17-19,22H,13-16H2,1H3,(H,29,30,31). The summed E-state index contributed by atoms with van der Waals surface area (Å²) in [7, 11) is -1.56. The molecular weight excluding hydrogens is 486 g/mol. The molecule has 3 heterocycles. The lowest BCUT2D eigenvalue weighted by atomic mass is 10.1. The minimum atomic E-state index is -3.69. The van der Waals surface area contributed by atoms with Gasteiger partial charge in [0, 0.05) is 30.4 Å². The van der Waals surface area contributed by atoms with E-state index in [2.05, 4.69) is 27.2 Å². The molecule has 2 aromatic heterocycles. The summed E-state index contributed by atoms with van der Waals surface area (Å²) in [4.78, 5) is 11.5. The van der Waals surface area contributed by atoms with Crippen LogP contribution in [0.2, 0.25) is 0 Å². The van der Waals surface area contributed by atoms with E-state index in [0.29, 0.717) is 11.3 Å². The Balaban J connectivity index is 1.32. The van der Waals surface area contributed by atoms with E-state index in [1.165, 1.54) is 10.3 Å². The minimum absolute atomic E-state index is 0.150. The Morgan fingerprint density at radius 3 is 2.57 bits per heavy atom. The van der Waals surface area contributed by atoms with Crippen molar-refractivity contribution in [3.63, 3.8) is 0 Å². The molecule has 0 unspecified atom stereocenters. The third kappa shape index (κ3) is 4.52. The molecule has 0 aliphatic carbocycles. The molecule has 9 heteroatoms. The predicted octanol–water partition coefficient (Wildman–Crippen LogP) is 5.04. The Labute approximate surface area is 215 Å². The quantitative estimate of drug-likeness (QED) is 0.340. The summed E-state index contributed by atoms with van der Waals surface area (Å²) < 4.78 is 34.1. The van der Waals surface area contributed by atoms with Crippen LogP contribution in [0, 0.1) is 0 Å². The molecule has 0 radical (unpaired) electrons. The van der Waals surface area contributed by atoms with Gasteiger partial charge in [0.05, 0.1) is 21.3 Å². The van der Waals surface area contributed by atoms with Crippen LogP contribution in [0.15, 0.2) is 90.2 Å². The fourth-order valence-corrected chi connectivity index (χ4v) is 6.18. The molecule has 1 saturated heterocycles. The summed E-state index contributed by atoms with van der Waals surface area (Å²) in [6.07, 6.45) is 5.22. The number of rotatable bonds is 6. The highest BCUT2D eigenvalue weighted by atomic mass is 32.2. The van der Waals surface area contributed by atoms with Gasteiger partial charge in [-0.25, -0.2) is 22.4 Å². The average Bonchev–Trinajstić information content (AvgIpc) is 3.35. The van der Waals surface area contributed by atoms with Crippen LogP contribution in [0.5, 0.6) is 5.75 Å². The van der Waals surface area contributed by atoms with Crippen molar-refractivity contribution < 1.29 is 13.2 Å². The van der Waals surface area contributed by atoms with Gasteiger partial charge in [0.1, 0.15) is 24.0 Å². The maximum Gasteiger partial charge on any atom is 0.268 e. The molecular formula is C28H27N5O3S. The molecule has 1 fully saturated rings. The van der Waals surface area contributed by atoms with Crippen molar-refractivity contribution in [3.8, 4) is 5.75 Å². The largest absolute Gasteiger partial charge is 0.489 e. The van der Waals surface area contributed by atoms with E-state index in [0.717, 1.165) is 53.7 Å². The number of piperidine rings is 1. The van der Waals surface area contributed by atoms with Crippen molar-refractivity contribution in [2.24, 2.45) is 0 Å². The van der Waals surface area contributed by atoms with Crippen LogP contribution in [0.1, 0.15) is 12.8 Å². The van der Waals surface area contributed by atoms with E-state index >= 15 is 0 Å². The first-order valence-corrected chi connectivity index (χ1v) is 13.7. The lowest BCUT2D eigenvalue weighted by molar-refractivity contribution is 0.116. The van der Waals surface area contributed by atoms with Gasteiger partial charge in [-0.05, 0) is 68.4 Å². The number of hydrogen-bond acceptors (Lipinski definition) is 7. The second-order valence-corrected chi connectivity index (χ2v) is 11.1. The fourth-order valence-electron chi connectivity index (χ4n) is 4.80. The maximum absolute atomic E-state index is 13.2. The van der Waals surface area contributed by atoms with Crippen LogP contribution < -0.4 is 10.1 Å². The summed E-state index contributed by atoms with van der Waals surface area (Å²) in [5, 5.41) is 5.03. The predicted molar refractivity (Wildman–Crippen MR) is 145 cm³/mol. The minimum Gasteiger partial charge on any atom is -0.489 e. The van der Waals surface area contributed by atoms with Crippen molar-refractivity contribution in [3.05, 3.63) is 85.3 Å². The number of hydrogen-bond donors (Lipinski definition) is 1. The van der Waals surface area contributed by atoms with Crippen LogP contribution in [0.3, 0.4) is 0 Å². The molecule has 1 N–H and O–H groups in total. The summed E-state index contributed by atoms with van der Waals surface area (Å²) in [6.45, 7) is 2.02. The zero-order chi connectivity index (χ0) is 25.4. The van der Waals surface area contributed by atoms with Crippen molar-refractivity contribution >= 4 is 43.3 Å². The number of benzene rings is 3. The number of aromatic nitrogens is 3. The van der Waals surface area contributed by atoms with Gasteiger partial charge >= 0.3 is 0 Å². The third-order valence-corrected chi connectivity index (χ3v) is 8.51. The molecule has 3 aromatic carbocycles. The Morgan fingerprint density at radius 1 is 0.946 bits per heavy atom. The van der Waals surface area contributed by atoms with Crippen molar-refractivity contribution in [2.75, 3.05) is 25.5 Å². The van der Waals surface area contributed by atoms with Crippen molar-refractivity contribution in [1.82, 2.24) is 18.8 Å². The van der Waals surface area contributed by atoms with Gasteiger partial charge in [-0.15, -0.1) is 0 Å². The Morgan fingerprint density at radius 2 is 1.76 bits per heavy atom. The number of likely N-dealkylation sites (tertiary alicyclic amines) is 1. The number of ether oxygens (including phenoxy) is 1. The van der Waals surface area contributed by atoms with Crippen molar-refractivity contribution in [1.29, 1.82) is 0 Å². The van der Waals surface area contributed by atoms with Crippen LogP contribution in [0.4, 0.5) is 11.5 Å². The molecule has 1 aliphatic heterocycles. The molecule has 37 heavy (non-hydrogen) atoms. The Hall–Kier alpha value is -3.95. The highest BCUT2D eigenvalue weighted by Crippen LogP contribution is 2.34. The molecule has 0 atom stereocenters. The molecule has 188 valence electrons. The van der Waals surface area contributed by atoms with Gasteiger partial charge in [-0.3, -0.25) is 0 Å². The lowest BCUT2D eigenvalue weighted by Crippen LogP contribution is -2.35. The monoisotopic (exact) mass is 513 g/mol. The maximum atomic E-state index is 13.2. The van der Waals surface area contributed by atoms with E-state index in [-0.39, 0.29) is 11.0 Å². The topological polar surface area (TPSA) is 89.3 Å². The van der Waals surface area contributed by atoms with E-state index in [9.17, 15) is 8.42 Å². The highest BCUT2D eigenvalue weighted by Gasteiger charge is 2.21. The first kappa shape index (κ1) is 23.4. The van der Waals surface area contributed by atoms with Gasteiger partial charge in [0.15, 0.2) is 0 Å². The molecule has 1 aliphatic rings. The number of nitrogens with one attached hydrogen (secondary N) is 1. The summed E-state index contributed by atoms with van der Waals surface area (Å²) in [5.41, 5.74) is 2.19. The van der Waals surface area contributed by atoms with Gasteiger partial charge in [-0.2, -0.15) is 0 Å². The van der Waals surface area contributed by atoms with Crippen molar-refractivity contribution in [2.45, 2.75) is 23.8 Å². The van der Waals surface area contributed by atoms with E-state index in [4.69, 9.17) is 4.74 Å². The van der Waals surface area contributed by atoms with E-state index < -0.39 is 10.0 Å². The molecule has 6 rings (SSSR count). The molecule has 0 bridgehead atoms. The zero-order valence-electron chi connectivity index (χ0n) is 20.4. The third-order valence-electron chi connectivity index (χ3n) is 6.80. The molecule has 8 nitrogen and oxygen atoms in total. The van der Waals surface area contributed by atoms with Crippen LogP contribution in [0.25, 0.3) is 21.8 Å². The van der Waals surface area contributed by atoms with E-state index in [1.54, 1.807) is 48.7 Å².